The average Bonchev–Trinajstić information content (AvgIpc) is 2.82. The van der Waals surface area contributed by atoms with E-state index >= 15 is 0 Å². The minimum absolute atomic E-state index is 0.00735. The van der Waals surface area contributed by atoms with E-state index in [1.165, 1.54) is 32.4 Å². The van der Waals surface area contributed by atoms with Crippen LogP contribution in [0.15, 0.2) is 71.6 Å². The van der Waals surface area contributed by atoms with Crippen molar-refractivity contribution in [3.8, 4) is 11.5 Å². The van der Waals surface area contributed by atoms with Crippen molar-refractivity contribution in [2.75, 3.05) is 25.1 Å². The van der Waals surface area contributed by atoms with Crippen molar-refractivity contribution in [2.45, 2.75) is 25.3 Å². The van der Waals surface area contributed by atoms with Crippen LogP contribution in [0.1, 0.15) is 16.7 Å². The first-order valence-corrected chi connectivity index (χ1v) is 11.8. The second kappa shape index (κ2) is 10.4. The number of carbonyl (C=O) groups excluding carboxylic acids is 1. The minimum atomic E-state index is -4.07. The molecule has 0 atom stereocenters. The van der Waals surface area contributed by atoms with Crippen LogP contribution in [-0.4, -0.2) is 35.1 Å². The second-order valence-corrected chi connectivity index (χ2v) is 9.49. The lowest BCUT2D eigenvalue weighted by molar-refractivity contribution is -0.119. The van der Waals surface area contributed by atoms with Gasteiger partial charge in [-0.05, 0) is 43.7 Å². The standard InChI is InChI=1S/C25H28N2O5S/c1-18-5-9-20(10-6-18)16-26-25(28)17-27(21-11-7-19(2)8-12-21)33(29,30)22-13-14-23(31-3)24(15-22)32-4/h5-15H,16-17H2,1-4H3,(H,26,28). The number of rotatable bonds is 9. The van der Waals surface area contributed by atoms with E-state index < -0.39 is 15.9 Å². The van der Waals surface area contributed by atoms with Gasteiger partial charge in [0.25, 0.3) is 10.0 Å². The summed E-state index contributed by atoms with van der Waals surface area (Å²) < 4.78 is 38.7. The van der Waals surface area contributed by atoms with Crippen molar-refractivity contribution >= 4 is 21.6 Å². The van der Waals surface area contributed by atoms with Crippen molar-refractivity contribution in [3.05, 3.63) is 83.4 Å². The molecule has 33 heavy (non-hydrogen) atoms. The fraction of sp³-hybridized carbons (Fsp3) is 0.240. The predicted octanol–water partition coefficient (Wildman–Crippen LogP) is 3.83. The van der Waals surface area contributed by atoms with Crippen LogP contribution in [-0.2, 0) is 21.4 Å². The van der Waals surface area contributed by atoms with Crippen LogP contribution < -0.4 is 19.1 Å². The number of hydrogen-bond donors (Lipinski definition) is 1. The molecule has 0 aliphatic heterocycles. The summed E-state index contributed by atoms with van der Waals surface area (Å²) in [7, 11) is -1.16. The third kappa shape index (κ3) is 5.84. The monoisotopic (exact) mass is 468 g/mol. The summed E-state index contributed by atoms with van der Waals surface area (Å²) in [6.07, 6.45) is 0. The van der Waals surface area contributed by atoms with Gasteiger partial charge in [0.15, 0.2) is 11.5 Å². The maximum absolute atomic E-state index is 13.6. The summed E-state index contributed by atoms with van der Waals surface area (Å²) in [5, 5.41) is 2.80. The van der Waals surface area contributed by atoms with Gasteiger partial charge in [0.1, 0.15) is 6.54 Å². The summed E-state index contributed by atoms with van der Waals surface area (Å²) in [4.78, 5) is 12.8. The highest BCUT2D eigenvalue weighted by molar-refractivity contribution is 7.92. The lowest BCUT2D eigenvalue weighted by Crippen LogP contribution is -2.40. The Morgan fingerprint density at radius 2 is 1.42 bits per heavy atom. The molecule has 3 rings (SSSR count). The Kier molecular flexibility index (Phi) is 7.60. The molecule has 1 N–H and O–H groups in total. The van der Waals surface area contributed by atoms with Crippen LogP contribution >= 0.6 is 0 Å². The first kappa shape index (κ1) is 24.1. The highest BCUT2D eigenvalue weighted by Gasteiger charge is 2.28. The minimum Gasteiger partial charge on any atom is -0.493 e. The van der Waals surface area contributed by atoms with E-state index in [-0.39, 0.29) is 17.2 Å². The Balaban J connectivity index is 1.90. The van der Waals surface area contributed by atoms with Crippen LogP contribution in [0.25, 0.3) is 0 Å². The molecule has 7 nitrogen and oxygen atoms in total. The topological polar surface area (TPSA) is 84.9 Å². The SMILES string of the molecule is COc1ccc(S(=O)(=O)N(CC(=O)NCc2ccc(C)cc2)c2ccc(C)cc2)cc1OC. The Morgan fingerprint density at radius 3 is 2.00 bits per heavy atom. The lowest BCUT2D eigenvalue weighted by Gasteiger charge is -2.24. The Bertz CT molecular complexity index is 1210. The zero-order chi connectivity index (χ0) is 24.0. The Morgan fingerprint density at radius 1 is 0.848 bits per heavy atom. The first-order valence-electron chi connectivity index (χ1n) is 10.4. The van der Waals surface area contributed by atoms with Crippen LogP contribution in [0.4, 0.5) is 5.69 Å². The van der Waals surface area contributed by atoms with Crippen LogP contribution in [0.5, 0.6) is 11.5 Å². The van der Waals surface area contributed by atoms with Gasteiger partial charge in [0.2, 0.25) is 5.91 Å². The number of nitrogens with zero attached hydrogens (tertiary/aromatic N) is 1. The van der Waals surface area contributed by atoms with Gasteiger partial charge in [-0.1, -0.05) is 47.5 Å². The number of anilines is 1. The molecule has 0 saturated carbocycles. The average molecular weight is 469 g/mol. The number of ether oxygens (including phenoxy) is 2. The zero-order valence-corrected chi connectivity index (χ0v) is 20.0. The molecular formula is C25H28N2O5S. The van der Waals surface area contributed by atoms with Crippen molar-refractivity contribution in [2.24, 2.45) is 0 Å². The number of sulfonamides is 1. The molecule has 0 bridgehead atoms. The van der Waals surface area contributed by atoms with Crippen molar-refractivity contribution < 1.29 is 22.7 Å². The molecule has 0 fully saturated rings. The molecule has 0 saturated heterocycles. The van der Waals surface area contributed by atoms with Crippen LogP contribution in [0, 0.1) is 13.8 Å². The molecule has 0 aromatic heterocycles. The molecule has 1 amide bonds. The van der Waals surface area contributed by atoms with E-state index in [2.05, 4.69) is 5.32 Å². The molecule has 0 spiro atoms. The van der Waals surface area contributed by atoms with Crippen LogP contribution in [0.2, 0.25) is 0 Å². The molecular weight excluding hydrogens is 440 g/mol. The van der Waals surface area contributed by atoms with Crippen molar-refractivity contribution in [3.63, 3.8) is 0 Å². The van der Waals surface area contributed by atoms with Crippen molar-refractivity contribution in [1.82, 2.24) is 5.32 Å². The predicted molar refractivity (Wildman–Crippen MR) is 128 cm³/mol. The third-order valence-corrected chi connectivity index (χ3v) is 6.93. The fourth-order valence-electron chi connectivity index (χ4n) is 3.22. The number of methoxy groups -OCH3 is 2. The summed E-state index contributed by atoms with van der Waals surface area (Å²) in [5.74, 6) is 0.278. The summed E-state index contributed by atoms with van der Waals surface area (Å²) in [6.45, 7) is 3.83. The number of aryl methyl sites for hydroxylation is 2. The molecule has 3 aromatic rings. The number of hydrogen-bond acceptors (Lipinski definition) is 5. The summed E-state index contributed by atoms with van der Waals surface area (Å²) in [6, 6.07) is 19.1. The van der Waals surface area contributed by atoms with Gasteiger partial charge in [-0.15, -0.1) is 0 Å². The smallest absolute Gasteiger partial charge is 0.264 e. The zero-order valence-electron chi connectivity index (χ0n) is 19.2. The van der Waals surface area contributed by atoms with E-state index in [0.29, 0.717) is 18.0 Å². The molecule has 0 unspecified atom stereocenters. The number of benzene rings is 3. The number of nitrogens with one attached hydrogen (secondary N) is 1. The third-order valence-electron chi connectivity index (χ3n) is 5.16. The van der Waals surface area contributed by atoms with Gasteiger partial charge in [0, 0.05) is 12.6 Å². The highest BCUT2D eigenvalue weighted by Crippen LogP contribution is 2.32. The molecule has 0 heterocycles. The molecule has 8 heteroatoms. The van der Waals surface area contributed by atoms with Gasteiger partial charge < -0.3 is 14.8 Å². The molecule has 174 valence electrons. The van der Waals surface area contributed by atoms with E-state index in [1.54, 1.807) is 24.3 Å². The summed E-state index contributed by atoms with van der Waals surface area (Å²) >= 11 is 0. The van der Waals surface area contributed by atoms with Gasteiger partial charge in [-0.25, -0.2) is 8.42 Å². The quantitative estimate of drug-likeness (QED) is 0.516. The van der Waals surface area contributed by atoms with E-state index in [1.807, 2.05) is 38.1 Å². The van der Waals surface area contributed by atoms with Gasteiger partial charge in [0.05, 0.1) is 24.8 Å². The lowest BCUT2D eigenvalue weighted by atomic mass is 10.1. The Hall–Kier alpha value is -3.52. The van der Waals surface area contributed by atoms with Crippen LogP contribution in [0.3, 0.4) is 0 Å². The Labute approximate surface area is 195 Å². The molecule has 0 aliphatic rings. The van der Waals surface area contributed by atoms with Gasteiger partial charge in [-0.2, -0.15) is 0 Å². The largest absolute Gasteiger partial charge is 0.493 e. The second-order valence-electron chi connectivity index (χ2n) is 7.63. The molecule has 0 radical (unpaired) electrons. The van der Waals surface area contributed by atoms with Gasteiger partial charge in [-0.3, -0.25) is 9.10 Å². The van der Waals surface area contributed by atoms with Crippen molar-refractivity contribution in [1.29, 1.82) is 0 Å². The fourth-order valence-corrected chi connectivity index (χ4v) is 4.66. The molecule has 0 aliphatic carbocycles. The van der Waals surface area contributed by atoms with E-state index in [9.17, 15) is 13.2 Å². The summed E-state index contributed by atoms with van der Waals surface area (Å²) in [5.41, 5.74) is 3.42. The maximum atomic E-state index is 13.6. The normalized spacial score (nSPS) is 11.0. The highest BCUT2D eigenvalue weighted by atomic mass is 32.2. The number of amides is 1. The van der Waals surface area contributed by atoms with E-state index in [0.717, 1.165) is 21.0 Å². The molecule has 3 aromatic carbocycles. The number of carbonyl (C=O) groups is 1. The van der Waals surface area contributed by atoms with E-state index in [4.69, 9.17) is 9.47 Å². The van der Waals surface area contributed by atoms with Gasteiger partial charge >= 0.3 is 0 Å². The maximum Gasteiger partial charge on any atom is 0.264 e. The first-order chi connectivity index (χ1) is 15.7.